The molecule has 3 rings (SSSR count). The molecule has 5 nitrogen and oxygen atoms in total. The summed E-state index contributed by atoms with van der Waals surface area (Å²) in [6.45, 7) is 8.68. The lowest BCUT2D eigenvalue weighted by molar-refractivity contribution is -0.139. The minimum absolute atomic E-state index is 0.00740. The second-order valence-corrected chi connectivity index (χ2v) is 9.05. The largest absolute Gasteiger partial charge is 0.508 e. The number of rotatable bonds is 8. The first kappa shape index (κ1) is 23.8. The minimum Gasteiger partial charge on any atom is -0.508 e. The van der Waals surface area contributed by atoms with E-state index < -0.39 is 6.04 Å². The van der Waals surface area contributed by atoms with E-state index in [0.717, 1.165) is 52.8 Å². The molecule has 5 heteroatoms. The Kier molecular flexibility index (Phi) is 7.94. The van der Waals surface area contributed by atoms with Gasteiger partial charge in [-0.25, -0.2) is 0 Å². The van der Waals surface area contributed by atoms with Gasteiger partial charge in [-0.3, -0.25) is 9.59 Å². The first-order chi connectivity index (χ1) is 15.3. The van der Waals surface area contributed by atoms with E-state index in [1.165, 1.54) is 12.8 Å². The first-order valence-corrected chi connectivity index (χ1v) is 11.8. The molecule has 1 unspecified atom stereocenters. The van der Waals surface area contributed by atoms with E-state index in [2.05, 4.69) is 12.2 Å². The molecular weight excluding hydrogens is 400 g/mol. The van der Waals surface area contributed by atoms with Gasteiger partial charge in [0.05, 0.1) is 0 Å². The highest BCUT2D eigenvalue weighted by Crippen LogP contribution is 2.34. The average Bonchev–Trinajstić information content (AvgIpc) is 2.74. The maximum Gasteiger partial charge on any atom is 0.251 e. The summed E-state index contributed by atoms with van der Waals surface area (Å²) >= 11 is 0. The van der Waals surface area contributed by atoms with Crippen LogP contribution in [-0.4, -0.2) is 28.4 Å². The van der Waals surface area contributed by atoms with E-state index in [9.17, 15) is 14.7 Å². The van der Waals surface area contributed by atoms with Gasteiger partial charge in [0.25, 0.3) is 5.91 Å². The maximum absolute atomic E-state index is 13.6. The fourth-order valence-corrected chi connectivity index (χ4v) is 4.75. The predicted octanol–water partition coefficient (Wildman–Crippen LogP) is 5.74. The molecule has 0 saturated heterocycles. The molecule has 1 heterocycles. The lowest BCUT2D eigenvalue weighted by Crippen LogP contribution is -2.45. The van der Waals surface area contributed by atoms with Crippen molar-refractivity contribution in [2.24, 2.45) is 0 Å². The summed E-state index contributed by atoms with van der Waals surface area (Å²) < 4.78 is 0. The van der Waals surface area contributed by atoms with Crippen molar-refractivity contribution in [1.82, 2.24) is 4.90 Å². The van der Waals surface area contributed by atoms with E-state index in [1.54, 1.807) is 17.0 Å². The monoisotopic (exact) mass is 436 g/mol. The molecule has 2 N–H and O–H groups in total. The number of carbonyl (C=O) groups excluding carboxylic acids is 2. The Hall–Kier alpha value is -2.82. The van der Waals surface area contributed by atoms with Crippen LogP contribution in [0.1, 0.15) is 79.3 Å². The van der Waals surface area contributed by atoms with Gasteiger partial charge in [-0.1, -0.05) is 56.4 Å². The van der Waals surface area contributed by atoms with Gasteiger partial charge in [0.15, 0.2) is 0 Å². The number of aromatic hydroxyl groups is 1. The van der Waals surface area contributed by atoms with Gasteiger partial charge < -0.3 is 15.3 Å². The Morgan fingerprint density at radius 2 is 1.72 bits per heavy atom. The van der Waals surface area contributed by atoms with Crippen molar-refractivity contribution in [3.8, 4) is 5.75 Å². The van der Waals surface area contributed by atoms with E-state index in [4.69, 9.17) is 0 Å². The number of hydrogen-bond acceptors (Lipinski definition) is 3. The number of nitrogens with zero attached hydrogens (tertiary/aromatic N) is 1. The van der Waals surface area contributed by atoms with Crippen LogP contribution in [-0.2, 0) is 16.0 Å². The molecule has 0 radical (unpaired) electrons. The fraction of sp³-hybridized carbons (Fsp3) is 0.481. The van der Waals surface area contributed by atoms with Gasteiger partial charge in [0.2, 0.25) is 5.91 Å². The van der Waals surface area contributed by atoms with Crippen molar-refractivity contribution in [2.45, 2.75) is 78.7 Å². The van der Waals surface area contributed by atoms with E-state index in [1.807, 2.05) is 39.0 Å². The minimum atomic E-state index is -0.742. The summed E-state index contributed by atoms with van der Waals surface area (Å²) in [7, 11) is 0. The summed E-state index contributed by atoms with van der Waals surface area (Å²) in [5.41, 5.74) is 5.65. The molecule has 1 aliphatic rings. The maximum atomic E-state index is 13.6. The zero-order chi connectivity index (χ0) is 23.3. The Morgan fingerprint density at radius 1 is 1.03 bits per heavy atom. The number of hydrogen-bond donors (Lipinski definition) is 2. The Balaban J connectivity index is 1.86. The second-order valence-electron chi connectivity index (χ2n) is 9.05. The van der Waals surface area contributed by atoms with Crippen LogP contribution >= 0.6 is 0 Å². The SMILES string of the molecule is CCCCCCCC(=O)N1CCc2ccc(O)cc2C1C(=O)Nc1c(C)cc(C)cc1C. The van der Waals surface area contributed by atoms with Crippen LogP contribution in [0.25, 0.3) is 0 Å². The molecule has 1 atom stereocenters. The van der Waals surface area contributed by atoms with E-state index in [0.29, 0.717) is 19.4 Å². The molecule has 2 amide bonds. The zero-order valence-corrected chi connectivity index (χ0v) is 19.8. The number of benzene rings is 2. The first-order valence-electron chi connectivity index (χ1n) is 11.8. The number of phenolic OH excluding ortho intramolecular Hbond substituents is 1. The summed E-state index contributed by atoms with van der Waals surface area (Å²) in [6.07, 6.45) is 6.49. The number of phenols is 1. The number of amides is 2. The number of nitrogens with one attached hydrogen (secondary N) is 1. The summed E-state index contributed by atoms with van der Waals surface area (Å²) in [5, 5.41) is 13.2. The number of fused-ring (bicyclic) bond motifs is 1. The number of carbonyl (C=O) groups is 2. The summed E-state index contributed by atoms with van der Waals surface area (Å²) in [5.74, 6) is -0.114. The van der Waals surface area contributed by atoms with Crippen molar-refractivity contribution < 1.29 is 14.7 Å². The smallest absolute Gasteiger partial charge is 0.251 e. The molecule has 2 aromatic carbocycles. The zero-order valence-electron chi connectivity index (χ0n) is 19.8. The third kappa shape index (κ3) is 5.50. The van der Waals surface area contributed by atoms with Gasteiger partial charge in [0.1, 0.15) is 11.8 Å². The highest BCUT2D eigenvalue weighted by atomic mass is 16.3. The Labute approximate surface area is 191 Å². The lowest BCUT2D eigenvalue weighted by Gasteiger charge is -2.37. The fourth-order valence-electron chi connectivity index (χ4n) is 4.75. The second kappa shape index (κ2) is 10.7. The number of anilines is 1. The molecule has 0 fully saturated rings. The van der Waals surface area contributed by atoms with Crippen molar-refractivity contribution in [3.05, 3.63) is 58.1 Å². The normalized spacial score (nSPS) is 15.4. The predicted molar refractivity (Wildman–Crippen MR) is 129 cm³/mol. The molecule has 0 spiro atoms. The number of aryl methyl sites for hydroxylation is 3. The molecule has 0 bridgehead atoms. The molecule has 2 aromatic rings. The van der Waals surface area contributed by atoms with Crippen LogP contribution in [0, 0.1) is 20.8 Å². The number of unbranched alkanes of at least 4 members (excludes halogenated alkanes) is 4. The Bertz CT molecular complexity index is 960. The lowest BCUT2D eigenvalue weighted by atomic mass is 9.91. The third-order valence-electron chi connectivity index (χ3n) is 6.35. The van der Waals surface area contributed by atoms with Crippen LogP contribution in [0.15, 0.2) is 30.3 Å². The average molecular weight is 437 g/mol. The van der Waals surface area contributed by atoms with Gasteiger partial charge >= 0.3 is 0 Å². The standard InChI is InChI=1S/C27H36N2O3/c1-5-6-7-8-9-10-24(31)29-14-13-21-11-12-22(30)17-23(21)26(29)27(32)28-25-19(3)15-18(2)16-20(25)4/h11-12,15-17,26,30H,5-10,13-14H2,1-4H3,(H,28,32). The Morgan fingerprint density at radius 3 is 2.41 bits per heavy atom. The molecule has 0 aromatic heterocycles. The van der Waals surface area contributed by atoms with Crippen LogP contribution in [0.5, 0.6) is 5.75 Å². The molecular formula is C27H36N2O3. The van der Waals surface area contributed by atoms with Crippen molar-refractivity contribution in [2.75, 3.05) is 11.9 Å². The molecule has 0 aliphatic carbocycles. The van der Waals surface area contributed by atoms with Crippen molar-refractivity contribution >= 4 is 17.5 Å². The van der Waals surface area contributed by atoms with Crippen molar-refractivity contribution in [1.29, 1.82) is 0 Å². The van der Waals surface area contributed by atoms with E-state index >= 15 is 0 Å². The molecule has 1 aliphatic heterocycles. The van der Waals surface area contributed by atoms with Gasteiger partial charge in [-0.05, 0) is 68.0 Å². The van der Waals surface area contributed by atoms with Gasteiger partial charge in [-0.2, -0.15) is 0 Å². The summed E-state index contributed by atoms with van der Waals surface area (Å²) in [6, 6.07) is 8.49. The van der Waals surface area contributed by atoms with Crippen LogP contribution in [0.2, 0.25) is 0 Å². The molecule has 172 valence electrons. The third-order valence-corrected chi connectivity index (χ3v) is 6.35. The van der Waals surface area contributed by atoms with Gasteiger partial charge in [0, 0.05) is 18.7 Å². The van der Waals surface area contributed by atoms with Crippen molar-refractivity contribution in [3.63, 3.8) is 0 Å². The summed E-state index contributed by atoms with van der Waals surface area (Å²) in [4.78, 5) is 28.4. The molecule has 32 heavy (non-hydrogen) atoms. The highest BCUT2D eigenvalue weighted by Gasteiger charge is 2.36. The topological polar surface area (TPSA) is 69.6 Å². The van der Waals surface area contributed by atoms with Crippen LogP contribution in [0.3, 0.4) is 0 Å². The van der Waals surface area contributed by atoms with Crippen LogP contribution < -0.4 is 5.32 Å². The van der Waals surface area contributed by atoms with Gasteiger partial charge in [-0.15, -0.1) is 0 Å². The molecule has 0 saturated carbocycles. The quantitative estimate of drug-likeness (QED) is 0.518. The van der Waals surface area contributed by atoms with E-state index in [-0.39, 0.29) is 17.6 Å². The highest BCUT2D eigenvalue weighted by molar-refractivity contribution is 5.99. The van der Waals surface area contributed by atoms with Crippen LogP contribution in [0.4, 0.5) is 5.69 Å².